The normalized spacial score (nSPS) is 11.0. The minimum atomic E-state index is -0.464. The molecule has 1 aromatic carbocycles. The van der Waals surface area contributed by atoms with Gasteiger partial charge in [0.05, 0.1) is 24.7 Å². The molecule has 0 aliphatic rings. The van der Waals surface area contributed by atoms with Gasteiger partial charge in [-0.05, 0) is 18.2 Å². The largest absolute Gasteiger partial charge is 0.467 e. The first-order valence-corrected chi connectivity index (χ1v) is 7.29. The Bertz CT molecular complexity index is 887. The van der Waals surface area contributed by atoms with Crippen molar-refractivity contribution < 1.29 is 9.21 Å². The van der Waals surface area contributed by atoms with E-state index in [9.17, 15) is 10.1 Å². The summed E-state index contributed by atoms with van der Waals surface area (Å²) < 4.78 is 5.15. The number of carbonyl (C=O) groups is 1. The zero-order valence-corrected chi connectivity index (χ0v) is 12.7. The van der Waals surface area contributed by atoms with Crippen molar-refractivity contribution in [2.75, 3.05) is 0 Å². The van der Waals surface area contributed by atoms with E-state index in [1.165, 1.54) is 12.3 Å². The number of hydrogen-bond donors (Lipinski definition) is 2. The smallest absolute Gasteiger partial charge is 0.262 e. The molecule has 3 aromatic rings. The first-order valence-electron chi connectivity index (χ1n) is 7.29. The Labute approximate surface area is 138 Å². The minimum absolute atomic E-state index is 0.000127. The van der Waals surface area contributed by atoms with E-state index >= 15 is 0 Å². The first-order chi connectivity index (χ1) is 11.8. The molecule has 0 atom stereocenters. The van der Waals surface area contributed by atoms with Gasteiger partial charge in [0.1, 0.15) is 17.4 Å². The van der Waals surface area contributed by atoms with E-state index in [0.717, 1.165) is 11.3 Å². The summed E-state index contributed by atoms with van der Waals surface area (Å²) in [4.78, 5) is 12.2. The third-order valence-electron chi connectivity index (χ3n) is 3.40. The maximum atomic E-state index is 12.2. The molecule has 2 heterocycles. The SMILES string of the molecule is N#C/C(=C\c1cn[nH]c1-c1ccccc1)C(=O)NCc1ccco1. The van der Waals surface area contributed by atoms with Crippen molar-refractivity contribution in [3.63, 3.8) is 0 Å². The van der Waals surface area contributed by atoms with Crippen molar-refractivity contribution in [2.45, 2.75) is 6.54 Å². The fourth-order valence-electron chi connectivity index (χ4n) is 2.22. The van der Waals surface area contributed by atoms with Crippen molar-refractivity contribution in [1.29, 1.82) is 5.26 Å². The highest BCUT2D eigenvalue weighted by Gasteiger charge is 2.12. The predicted octanol–water partition coefficient (Wildman–Crippen LogP) is 2.89. The molecule has 6 nitrogen and oxygen atoms in total. The lowest BCUT2D eigenvalue weighted by atomic mass is 10.1. The van der Waals surface area contributed by atoms with Crippen LogP contribution in [0.5, 0.6) is 0 Å². The van der Waals surface area contributed by atoms with Gasteiger partial charge in [-0.3, -0.25) is 9.89 Å². The molecule has 1 amide bonds. The average molecular weight is 318 g/mol. The van der Waals surface area contributed by atoms with Crippen LogP contribution in [0.2, 0.25) is 0 Å². The Morgan fingerprint density at radius 1 is 1.29 bits per heavy atom. The summed E-state index contributed by atoms with van der Waals surface area (Å²) in [7, 11) is 0. The second kappa shape index (κ2) is 7.11. The van der Waals surface area contributed by atoms with Gasteiger partial charge >= 0.3 is 0 Å². The van der Waals surface area contributed by atoms with Crippen molar-refractivity contribution in [3.8, 4) is 17.3 Å². The lowest BCUT2D eigenvalue weighted by Gasteiger charge is -2.03. The molecule has 0 saturated carbocycles. The number of aromatic nitrogens is 2. The van der Waals surface area contributed by atoms with Gasteiger partial charge in [0.2, 0.25) is 0 Å². The molecule has 2 aromatic heterocycles. The summed E-state index contributed by atoms with van der Waals surface area (Å²) in [5.41, 5.74) is 2.35. The van der Waals surface area contributed by atoms with E-state index < -0.39 is 5.91 Å². The number of H-pyrrole nitrogens is 1. The van der Waals surface area contributed by atoms with Gasteiger partial charge in [-0.1, -0.05) is 30.3 Å². The van der Waals surface area contributed by atoms with Crippen LogP contribution in [0.25, 0.3) is 17.3 Å². The van der Waals surface area contributed by atoms with Crippen LogP contribution in [0, 0.1) is 11.3 Å². The van der Waals surface area contributed by atoms with Crippen LogP contribution in [0.15, 0.2) is 64.9 Å². The second-order valence-electron chi connectivity index (χ2n) is 5.00. The number of rotatable bonds is 5. The Kier molecular flexibility index (Phi) is 4.54. The number of hydrogen-bond acceptors (Lipinski definition) is 4. The molecular formula is C18H14N4O2. The van der Waals surface area contributed by atoms with Crippen molar-refractivity contribution in [2.24, 2.45) is 0 Å². The molecule has 0 radical (unpaired) electrons. The summed E-state index contributed by atoms with van der Waals surface area (Å²) in [5, 5.41) is 18.8. The van der Waals surface area contributed by atoms with Gasteiger partial charge in [-0.2, -0.15) is 10.4 Å². The molecule has 6 heteroatoms. The van der Waals surface area contributed by atoms with E-state index in [-0.39, 0.29) is 12.1 Å². The molecule has 0 fully saturated rings. The number of nitrogens with one attached hydrogen (secondary N) is 2. The van der Waals surface area contributed by atoms with Gasteiger partial charge in [-0.25, -0.2) is 0 Å². The number of furan rings is 1. The summed E-state index contributed by atoms with van der Waals surface area (Å²) in [5.74, 6) is 0.156. The zero-order chi connectivity index (χ0) is 16.8. The highest BCUT2D eigenvalue weighted by molar-refractivity contribution is 6.02. The lowest BCUT2D eigenvalue weighted by molar-refractivity contribution is -0.117. The number of carbonyl (C=O) groups excluding carboxylic acids is 1. The van der Waals surface area contributed by atoms with Gasteiger partial charge in [-0.15, -0.1) is 0 Å². The molecule has 0 spiro atoms. The third kappa shape index (κ3) is 3.42. The van der Waals surface area contributed by atoms with Crippen LogP contribution in [0.3, 0.4) is 0 Å². The van der Waals surface area contributed by atoms with E-state index in [0.29, 0.717) is 11.3 Å². The number of amides is 1. The summed E-state index contributed by atoms with van der Waals surface area (Å²) in [6.45, 7) is 0.224. The molecule has 0 saturated heterocycles. The van der Waals surface area contributed by atoms with Gasteiger partial charge < -0.3 is 9.73 Å². The summed E-state index contributed by atoms with van der Waals surface area (Å²) in [6.07, 6.45) is 4.63. The number of aromatic amines is 1. The van der Waals surface area contributed by atoms with Crippen LogP contribution in [0.4, 0.5) is 0 Å². The Hall–Kier alpha value is -3.59. The molecule has 2 N–H and O–H groups in total. The molecule has 0 bridgehead atoms. The van der Waals surface area contributed by atoms with E-state index in [4.69, 9.17) is 4.42 Å². The number of nitriles is 1. The molecule has 3 rings (SSSR count). The first kappa shape index (κ1) is 15.3. The second-order valence-corrected chi connectivity index (χ2v) is 5.00. The van der Waals surface area contributed by atoms with E-state index in [1.54, 1.807) is 18.3 Å². The Morgan fingerprint density at radius 3 is 2.83 bits per heavy atom. The molecule has 0 unspecified atom stereocenters. The van der Waals surface area contributed by atoms with E-state index in [1.807, 2.05) is 36.4 Å². The maximum Gasteiger partial charge on any atom is 0.262 e. The quantitative estimate of drug-likeness (QED) is 0.558. The third-order valence-corrected chi connectivity index (χ3v) is 3.40. The molecule has 118 valence electrons. The van der Waals surface area contributed by atoms with Gasteiger partial charge in [0.25, 0.3) is 5.91 Å². The Balaban J connectivity index is 1.80. The van der Waals surface area contributed by atoms with Crippen LogP contribution >= 0.6 is 0 Å². The van der Waals surface area contributed by atoms with Crippen molar-refractivity contribution >= 4 is 12.0 Å². The fourth-order valence-corrected chi connectivity index (χ4v) is 2.22. The zero-order valence-electron chi connectivity index (χ0n) is 12.7. The molecule has 24 heavy (non-hydrogen) atoms. The topological polar surface area (TPSA) is 94.7 Å². The summed E-state index contributed by atoms with van der Waals surface area (Å²) in [6, 6.07) is 15.0. The van der Waals surface area contributed by atoms with Crippen LogP contribution in [-0.2, 0) is 11.3 Å². The molecule has 0 aliphatic carbocycles. The number of nitrogens with zero attached hydrogens (tertiary/aromatic N) is 2. The fraction of sp³-hybridized carbons (Fsp3) is 0.0556. The van der Waals surface area contributed by atoms with Crippen LogP contribution in [0.1, 0.15) is 11.3 Å². The lowest BCUT2D eigenvalue weighted by Crippen LogP contribution is -2.23. The molecular weight excluding hydrogens is 304 g/mol. The standard InChI is InChI=1S/C18H14N4O2/c19-10-14(18(23)20-12-16-7-4-8-24-16)9-15-11-21-22-17(15)13-5-2-1-3-6-13/h1-9,11H,12H2,(H,20,23)(H,21,22)/b14-9+. The average Bonchev–Trinajstić information content (AvgIpc) is 3.30. The maximum absolute atomic E-state index is 12.2. The Morgan fingerprint density at radius 2 is 2.12 bits per heavy atom. The van der Waals surface area contributed by atoms with Crippen molar-refractivity contribution in [3.05, 3.63) is 71.8 Å². The highest BCUT2D eigenvalue weighted by atomic mass is 16.3. The van der Waals surface area contributed by atoms with Gasteiger partial charge in [0, 0.05) is 11.1 Å². The van der Waals surface area contributed by atoms with Crippen LogP contribution < -0.4 is 5.32 Å². The van der Waals surface area contributed by atoms with Crippen molar-refractivity contribution in [1.82, 2.24) is 15.5 Å². The monoisotopic (exact) mass is 318 g/mol. The van der Waals surface area contributed by atoms with E-state index in [2.05, 4.69) is 15.5 Å². The predicted molar refractivity (Wildman–Crippen MR) is 88.2 cm³/mol. The van der Waals surface area contributed by atoms with Crippen LogP contribution in [-0.4, -0.2) is 16.1 Å². The molecule has 0 aliphatic heterocycles. The number of benzene rings is 1. The van der Waals surface area contributed by atoms with Gasteiger partial charge in [0.15, 0.2) is 0 Å². The highest BCUT2D eigenvalue weighted by Crippen LogP contribution is 2.22. The minimum Gasteiger partial charge on any atom is -0.467 e. The summed E-state index contributed by atoms with van der Waals surface area (Å²) >= 11 is 0.